The van der Waals surface area contributed by atoms with E-state index in [1.165, 1.54) is 12.1 Å². The van der Waals surface area contributed by atoms with Crippen molar-refractivity contribution in [2.75, 3.05) is 0 Å². The number of carbonyl (C=O) groups excluding carboxylic acids is 1. The van der Waals surface area contributed by atoms with E-state index in [2.05, 4.69) is 5.32 Å². The van der Waals surface area contributed by atoms with E-state index in [1.54, 1.807) is 12.1 Å². The molecule has 0 spiro atoms. The van der Waals surface area contributed by atoms with E-state index >= 15 is 0 Å². The van der Waals surface area contributed by atoms with E-state index in [0.29, 0.717) is 24.8 Å². The topological polar surface area (TPSA) is 110 Å². The van der Waals surface area contributed by atoms with Gasteiger partial charge in [0.05, 0.1) is 4.92 Å². The number of nitrogens with one attached hydrogen (secondary N) is 1. The summed E-state index contributed by atoms with van der Waals surface area (Å²) in [5.41, 5.74) is -0.501. The molecule has 1 fully saturated rings. The van der Waals surface area contributed by atoms with Gasteiger partial charge in [0.25, 0.3) is 5.69 Å². The lowest BCUT2D eigenvalue weighted by Crippen LogP contribution is -2.54. The predicted octanol–water partition coefficient (Wildman–Crippen LogP) is 2.82. The summed E-state index contributed by atoms with van der Waals surface area (Å²) < 4.78 is 0. The lowest BCUT2D eigenvalue weighted by Gasteiger charge is -2.29. The fraction of sp³-hybridized carbons (Fsp3) is 0.529. The molecule has 7 heteroatoms. The highest BCUT2D eigenvalue weighted by Gasteiger charge is 2.39. The molecule has 0 bridgehead atoms. The fourth-order valence-corrected chi connectivity index (χ4v) is 3.14. The molecule has 0 atom stereocenters. The van der Waals surface area contributed by atoms with Gasteiger partial charge >= 0.3 is 5.97 Å². The lowest BCUT2D eigenvalue weighted by molar-refractivity contribution is -0.384. The lowest BCUT2D eigenvalue weighted by atomic mass is 9.90. The van der Waals surface area contributed by atoms with Crippen LogP contribution < -0.4 is 5.32 Å². The third-order valence-electron chi connectivity index (χ3n) is 4.51. The number of carboxylic acid groups (broad SMARTS) is 1. The number of hydrogen-bond donors (Lipinski definition) is 2. The summed E-state index contributed by atoms with van der Waals surface area (Å²) in [6.07, 6.45) is 4.89. The van der Waals surface area contributed by atoms with Crippen LogP contribution in [0.2, 0.25) is 0 Å². The Balaban J connectivity index is 1.97. The third kappa shape index (κ3) is 4.53. The van der Waals surface area contributed by atoms with Crippen LogP contribution in [0.15, 0.2) is 24.3 Å². The molecular weight excluding hydrogens is 312 g/mol. The molecule has 24 heavy (non-hydrogen) atoms. The first-order chi connectivity index (χ1) is 11.4. The highest BCUT2D eigenvalue weighted by atomic mass is 16.6. The summed E-state index contributed by atoms with van der Waals surface area (Å²) in [7, 11) is 0. The maximum Gasteiger partial charge on any atom is 0.329 e. The van der Waals surface area contributed by atoms with E-state index < -0.39 is 16.4 Å². The quantitative estimate of drug-likeness (QED) is 0.472. The van der Waals surface area contributed by atoms with Gasteiger partial charge in [0.15, 0.2) is 0 Å². The number of aliphatic carboxylic acids is 1. The minimum atomic E-state index is -1.17. The summed E-state index contributed by atoms with van der Waals surface area (Å²) in [5, 5.41) is 23.0. The Kier molecular flexibility index (Phi) is 5.89. The molecule has 0 unspecified atom stereocenters. The van der Waals surface area contributed by atoms with Crippen LogP contribution in [0.3, 0.4) is 0 Å². The summed E-state index contributed by atoms with van der Waals surface area (Å²) in [4.78, 5) is 34.2. The van der Waals surface area contributed by atoms with Crippen LogP contribution in [0.1, 0.15) is 50.5 Å². The van der Waals surface area contributed by atoms with Crippen molar-refractivity contribution in [1.29, 1.82) is 0 Å². The molecule has 0 aromatic heterocycles. The van der Waals surface area contributed by atoms with E-state index in [4.69, 9.17) is 0 Å². The highest BCUT2D eigenvalue weighted by Crippen LogP contribution is 2.27. The highest BCUT2D eigenvalue weighted by molar-refractivity contribution is 5.87. The molecule has 1 aromatic carbocycles. The smallest absolute Gasteiger partial charge is 0.329 e. The largest absolute Gasteiger partial charge is 0.480 e. The van der Waals surface area contributed by atoms with Crippen molar-refractivity contribution in [2.24, 2.45) is 0 Å². The van der Waals surface area contributed by atoms with Crippen LogP contribution in [0.5, 0.6) is 0 Å². The molecule has 0 saturated heterocycles. The minimum absolute atomic E-state index is 0.0151. The first-order valence-corrected chi connectivity index (χ1v) is 8.21. The number of amides is 1. The second-order valence-electron chi connectivity index (χ2n) is 6.28. The van der Waals surface area contributed by atoms with Gasteiger partial charge in [-0.3, -0.25) is 14.9 Å². The molecule has 1 aliphatic carbocycles. The standard InChI is InChI=1S/C17H22N2O5/c20-15(9-8-13-6-5-7-14(12-13)19(23)24)18-17(16(21)22)10-3-1-2-4-11-17/h5-7,12H,1-4,8-11H2,(H,18,20)(H,21,22). The van der Waals surface area contributed by atoms with Crippen LogP contribution in [0.25, 0.3) is 0 Å². The number of nitro benzene ring substituents is 1. The van der Waals surface area contributed by atoms with Gasteiger partial charge in [-0.05, 0) is 24.8 Å². The predicted molar refractivity (Wildman–Crippen MR) is 87.6 cm³/mol. The average Bonchev–Trinajstić information content (AvgIpc) is 2.80. The van der Waals surface area contributed by atoms with Gasteiger partial charge in [-0.2, -0.15) is 0 Å². The molecular formula is C17H22N2O5. The number of carboxylic acids is 1. The first-order valence-electron chi connectivity index (χ1n) is 8.21. The van der Waals surface area contributed by atoms with Gasteiger partial charge in [-0.15, -0.1) is 0 Å². The zero-order valence-electron chi connectivity index (χ0n) is 13.5. The van der Waals surface area contributed by atoms with Gasteiger partial charge in [0.1, 0.15) is 5.54 Å². The SMILES string of the molecule is O=C(CCc1cccc([N+](=O)[O-])c1)NC1(C(=O)O)CCCCCC1. The second-order valence-corrected chi connectivity index (χ2v) is 6.28. The summed E-state index contributed by atoms with van der Waals surface area (Å²) in [6.45, 7) is 0. The maximum absolute atomic E-state index is 12.2. The fourth-order valence-electron chi connectivity index (χ4n) is 3.14. The van der Waals surface area contributed by atoms with Gasteiger partial charge in [0, 0.05) is 18.6 Å². The number of benzene rings is 1. The van der Waals surface area contributed by atoms with Gasteiger partial charge < -0.3 is 10.4 Å². The number of hydrogen-bond acceptors (Lipinski definition) is 4. The molecule has 0 radical (unpaired) electrons. The van der Waals surface area contributed by atoms with E-state index in [-0.39, 0.29) is 18.0 Å². The zero-order valence-corrected chi connectivity index (χ0v) is 13.5. The Labute approximate surface area is 140 Å². The Hall–Kier alpha value is -2.44. The van der Waals surface area contributed by atoms with Crippen molar-refractivity contribution in [3.63, 3.8) is 0 Å². The first kappa shape index (κ1) is 17.9. The van der Waals surface area contributed by atoms with Gasteiger partial charge in [-0.25, -0.2) is 4.79 Å². The van der Waals surface area contributed by atoms with Crippen LogP contribution in [-0.2, 0) is 16.0 Å². The average molecular weight is 334 g/mol. The van der Waals surface area contributed by atoms with Crippen molar-refractivity contribution in [3.8, 4) is 0 Å². The molecule has 1 aromatic rings. The van der Waals surface area contributed by atoms with Crippen molar-refractivity contribution in [2.45, 2.75) is 56.9 Å². The van der Waals surface area contributed by atoms with Crippen LogP contribution >= 0.6 is 0 Å². The zero-order chi connectivity index (χ0) is 17.6. The Bertz CT molecular complexity index is 621. The maximum atomic E-state index is 12.2. The van der Waals surface area contributed by atoms with Gasteiger partial charge in [-0.1, -0.05) is 37.8 Å². The van der Waals surface area contributed by atoms with Gasteiger partial charge in [0.2, 0.25) is 5.91 Å². The molecule has 0 aliphatic heterocycles. The van der Waals surface area contributed by atoms with Crippen LogP contribution in [0, 0.1) is 10.1 Å². The molecule has 1 aliphatic rings. The number of non-ortho nitro benzene ring substituents is 1. The van der Waals surface area contributed by atoms with Crippen molar-refractivity contribution in [3.05, 3.63) is 39.9 Å². The summed E-state index contributed by atoms with van der Waals surface area (Å²) in [6, 6.07) is 6.13. The molecule has 7 nitrogen and oxygen atoms in total. The van der Waals surface area contributed by atoms with Crippen molar-refractivity contribution >= 4 is 17.6 Å². The molecule has 2 N–H and O–H groups in total. The molecule has 130 valence electrons. The van der Waals surface area contributed by atoms with E-state index in [0.717, 1.165) is 25.7 Å². The second kappa shape index (κ2) is 7.90. The number of carbonyl (C=O) groups is 2. The monoisotopic (exact) mass is 334 g/mol. The molecule has 0 heterocycles. The van der Waals surface area contributed by atoms with Crippen LogP contribution in [0.4, 0.5) is 5.69 Å². The Morgan fingerprint density at radius 1 is 1.21 bits per heavy atom. The number of aryl methyl sites for hydroxylation is 1. The molecule has 1 amide bonds. The van der Waals surface area contributed by atoms with E-state index in [9.17, 15) is 24.8 Å². The van der Waals surface area contributed by atoms with Crippen LogP contribution in [-0.4, -0.2) is 27.4 Å². The molecule has 2 rings (SSSR count). The summed E-state index contributed by atoms with van der Waals surface area (Å²) in [5.74, 6) is -1.31. The minimum Gasteiger partial charge on any atom is -0.480 e. The summed E-state index contributed by atoms with van der Waals surface area (Å²) >= 11 is 0. The van der Waals surface area contributed by atoms with Crippen molar-refractivity contribution in [1.82, 2.24) is 5.32 Å². The number of nitro groups is 1. The number of rotatable bonds is 6. The number of nitrogens with zero attached hydrogens (tertiary/aromatic N) is 1. The van der Waals surface area contributed by atoms with E-state index in [1.807, 2.05) is 0 Å². The molecule has 1 saturated carbocycles. The Morgan fingerprint density at radius 2 is 1.88 bits per heavy atom. The normalized spacial score (nSPS) is 16.8. The van der Waals surface area contributed by atoms with Crippen molar-refractivity contribution < 1.29 is 19.6 Å². The Morgan fingerprint density at radius 3 is 2.46 bits per heavy atom. The third-order valence-corrected chi connectivity index (χ3v) is 4.51.